The quantitative estimate of drug-likeness (QED) is 0.938. The van der Waals surface area contributed by atoms with E-state index in [1.54, 1.807) is 12.1 Å². The molecule has 1 unspecified atom stereocenters. The summed E-state index contributed by atoms with van der Waals surface area (Å²) in [6.07, 6.45) is 0. The van der Waals surface area contributed by atoms with Crippen molar-refractivity contribution in [3.8, 4) is 5.75 Å². The van der Waals surface area contributed by atoms with Gasteiger partial charge in [0.15, 0.2) is 0 Å². The van der Waals surface area contributed by atoms with Crippen molar-refractivity contribution >= 4 is 17.3 Å². The number of nitrogens with two attached hydrogens (primary N) is 1. The standard InChI is InChI=1S/C18H18FN3O2/c19-13-6-4-12(5-7-13)16(18(20)23)22-9-8-21-10-11-24-15-3-1-2-14(22)17(15)21/h1-7,16H,8-11H2,(H2,20,23). The summed E-state index contributed by atoms with van der Waals surface area (Å²) in [5.74, 6) is 0.0347. The Morgan fingerprint density at radius 2 is 1.92 bits per heavy atom. The van der Waals surface area contributed by atoms with Crippen molar-refractivity contribution in [2.45, 2.75) is 6.04 Å². The summed E-state index contributed by atoms with van der Waals surface area (Å²) in [5, 5.41) is 0. The molecule has 2 aliphatic heterocycles. The summed E-state index contributed by atoms with van der Waals surface area (Å²) in [6.45, 7) is 2.95. The first-order valence-electron chi connectivity index (χ1n) is 7.97. The van der Waals surface area contributed by atoms with Gasteiger partial charge in [0.2, 0.25) is 5.91 Å². The van der Waals surface area contributed by atoms with E-state index in [9.17, 15) is 9.18 Å². The van der Waals surface area contributed by atoms with Crippen molar-refractivity contribution < 1.29 is 13.9 Å². The van der Waals surface area contributed by atoms with Crippen LogP contribution in [0.15, 0.2) is 42.5 Å². The highest BCUT2D eigenvalue weighted by Crippen LogP contribution is 2.45. The predicted octanol–water partition coefficient (Wildman–Crippen LogP) is 2.07. The number of halogens is 1. The normalized spacial score (nSPS) is 17.0. The monoisotopic (exact) mass is 327 g/mol. The van der Waals surface area contributed by atoms with Gasteiger partial charge in [-0.3, -0.25) is 4.79 Å². The number of para-hydroxylation sites is 1. The third-order valence-electron chi connectivity index (χ3n) is 4.60. The fourth-order valence-corrected chi connectivity index (χ4v) is 3.54. The van der Waals surface area contributed by atoms with Gasteiger partial charge < -0.3 is 20.3 Å². The number of rotatable bonds is 3. The Balaban J connectivity index is 1.80. The van der Waals surface area contributed by atoms with Crippen LogP contribution in [0.5, 0.6) is 5.75 Å². The zero-order chi connectivity index (χ0) is 16.7. The van der Waals surface area contributed by atoms with Crippen molar-refractivity contribution in [1.29, 1.82) is 0 Å². The van der Waals surface area contributed by atoms with Gasteiger partial charge in [0.25, 0.3) is 0 Å². The molecule has 2 aliphatic rings. The van der Waals surface area contributed by atoms with Gasteiger partial charge in [-0.2, -0.15) is 0 Å². The van der Waals surface area contributed by atoms with Crippen molar-refractivity contribution in [1.82, 2.24) is 0 Å². The summed E-state index contributed by atoms with van der Waals surface area (Å²) in [7, 11) is 0. The van der Waals surface area contributed by atoms with Crippen molar-refractivity contribution in [3.05, 3.63) is 53.8 Å². The molecule has 0 bridgehead atoms. The Hall–Kier alpha value is -2.76. The SMILES string of the molecule is NC(=O)C(c1ccc(F)cc1)N1CCN2CCOc3cccc1c32. The van der Waals surface area contributed by atoms with Crippen LogP contribution in [-0.4, -0.2) is 32.1 Å². The molecule has 0 radical (unpaired) electrons. The summed E-state index contributed by atoms with van der Waals surface area (Å²) in [5.41, 5.74) is 8.31. The molecule has 6 heteroatoms. The van der Waals surface area contributed by atoms with Crippen molar-refractivity contribution in [2.75, 3.05) is 36.0 Å². The minimum absolute atomic E-state index is 0.336. The molecule has 0 spiro atoms. The first-order valence-corrected chi connectivity index (χ1v) is 7.97. The Labute approximate surface area is 139 Å². The molecule has 0 saturated carbocycles. The first-order chi connectivity index (χ1) is 11.6. The number of carbonyl (C=O) groups is 1. The molecule has 1 atom stereocenters. The minimum atomic E-state index is -0.638. The van der Waals surface area contributed by atoms with Crippen molar-refractivity contribution in [3.63, 3.8) is 0 Å². The maximum absolute atomic E-state index is 13.2. The molecular weight excluding hydrogens is 309 g/mol. The maximum atomic E-state index is 13.2. The molecule has 4 rings (SSSR count). The minimum Gasteiger partial charge on any atom is -0.489 e. The molecule has 0 aromatic heterocycles. The van der Waals surface area contributed by atoms with Gasteiger partial charge in [0, 0.05) is 13.1 Å². The van der Waals surface area contributed by atoms with Gasteiger partial charge in [-0.15, -0.1) is 0 Å². The molecular formula is C18H18FN3O2. The predicted molar refractivity (Wildman–Crippen MR) is 89.8 cm³/mol. The van der Waals surface area contributed by atoms with Crippen LogP contribution in [0.2, 0.25) is 0 Å². The topological polar surface area (TPSA) is 58.8 Å². The van der Waals surface area contributed by atoms with Crippen LogP contribution in [0.3, 0.4) is 0 Å². The fraction of sp³-hybridized carbons (Fsp3) is 0.278. The van der Waals surface area contributed by atoms with E-state index in [1.165, 1.54) is 12.1 Å². The first kappa shape index (κ1) is 14.8. The molecule has 24 heavy (non-hydrogen) atoms. The van der Waals surface area contributed by atoms with Gasteiger partial charge in [0.05, 0.1) is 12.2 Å². The smallest absolute Gasteiger partial charge is 0.244 e. The Kier molecular flexibility index (Phi) is 3.52. The third kappa shape index (κ3) is 2.35. The highest BCUT2D eigenvalue weighted by atomic mass is 19.1. The van der Waals surface area contributed by atoms with E-state index >= 15 is 0 Å². The van der Waals surface area contributed by atoms with E-state index in [0.717, 1.165) is 30.2 Å². The second-order valence-corrected chi connectivity index (χ2v) is 6.01. The highest BCUT2D eigenvalue weighted by Gasteiger charge is 2.34. The Morgan fingerprint density at radius 1 is 1.12 bits per heavy atom. The van der Waals surface area contributed by atoms with Crippen molar-refractivity contribution in [2.24, 2.45) is 5.73 Å². The summed E-state index contributed by atoms with van der Waals surface area (Å²) < 4.78 is 19.0. The largest absolute Gasteiger partial charge is 0.489 e. The lowest BCUT2D eigenvalue weighted by atomic mass is 10.0. The van der Waals surface area contributed by atoms with Crippen LogP contribution >= 0.6 is 0 Å². The molecule has 124 valence electrons. The average molecular weight is 327 g/mol. The Morgan fingerprint density at radius 3 is 2.67 bits per heavy atom. The highest BCUT2D eigenvalue weighted by molar-refractivity contribution is 5.89. The molecule has 2 heterocycles. The number of benzene rings is 2. The zero-order valence-electron chi connectivity index (χ0n) is 13.1. The number of hydrogen-bond donors (Lipinski definition) is 1. The van der Waals surface area contributed by atoms with Gasteiger partial charge in [-0.1, -0.05) is 18.2 Å². The maximum Gasteiger partial charge on any atom is 0.244 e. The van der Waals surface area contributed by atoms with E-state index < -0.39 is 11.9 Å². The third-order valence-corrected chi connectivity index (χ3v) is 4.60. The van der Waals surface area contributed by atoms with E-state index in [4.69, 9.17) is 10.5 Å². The lowest BCUT2D eigenvalue weighted by Gasteiger charge is -2.44. The number of ether oxygens (including phenoxy) is 1. The number of anilines is 2. The molecule has 0 saturated heterocycles. The van der Waals surface area contributed by atoms with E-state index in [-0.39, 0.29) is 5.82 Å². The van der Waals surface area contributed by atoms with Crippen LogP contribution < -0.4 is 20.3 Å². The molecule has 5 nitrogen and oxygen atoms in total. The van der Waals surface area contributed by atoms with Crippen LogP contribution in [0.1, 0.15) is 11.6 Å². The van der Waals surface area contributed by atoms with Gasteiger partial charge in [0.1, 0.15) is 29.9 Å². The van der Waals surface area contributed by atoms with E-state index in [2.05, 4.69) is 4.90 Å². The average Bonchev–Trinajstić information content (AvgIpc) is 2.59. The summed E-state index contributed by atoms with van der Waals surface area (Å²) >= 11 is 0. The van der Waals surface area contributed by atoms with Crippen LogP contribution in [0.4, 0.5) is 15.8 Å². The molecule has 0 fully saturated rings. The summed E-state index contributed by atoms with van der Waals surface area (Å²) in [6, 6.07) is 11.1. The summed E-state index contributed by atoms with van der Waals surface area (Å²) in [4.78, 5) is 16.4. The van der Waals surface area contributed by atoms with Crippen LogP contribution in [-0.2, 0) is 4.79 Å². The van der Waals surface area contributed by atoms with E-state index in [1.807, 2.05) is 23.1 Å². The van der Waals surface area contributed by atoms with E-state index in [0.29, 0.717) is 18.7 Å². The fourth-order valence-electron chi connectivity index (χ4n) is 3.54. The number of carbonyl (C=O) groups excluding carboxylic acids is 1. The molecule has 2 aromatic carbocycles. The number of hydrogen-bond acceptors (Lipinski definition) is 4. The second-order valence-electron chi connectivity index (χ2n) is 6.01. The molecule has 1 amide bonds. The molecule has 2 N–H and O–H groups in total. The molecule has 0 aliphatic carbocycles. The van der Waals surface area contributed by atoms with Crippen LogP contribution in [0.25, 0.3) is 0 Å². The van der Waals surface area contributed by atoms with Crippen LogP contribution in [0, 0.1) is 5.82 Å². The number of primary amides is 1. The molecule has 2 aromatic rings. The number of amides is 1. The Bertz CT molecular complexity index is 778. The van der Waals surface area contributed by atoms with Gasteiger partial charge >= 0.3 is 0 Å². The van der Waals surface area contributed by atoms with Gasteiger partial charge in [-0.25, -0.2) is 4.39 Å². The lowest BCUT2D eigenvalue weighted by Crippen LogP contribution is -2.48. The van der Waals surface area contributed by atoms with Gasteiger partial charge in [-0.05, 0) is 29.8 Å². The number of nitrogens with zero attached hydrogens (tertiary/aromatic N) is 2. The zero-order valence-corrected chi connectivity index (χ0v) is 13.1. The lowest BCUT2D eigenvalue weighted by molar-refractivity contribution is -0.119. The second kappa shape index (κ2) is 5.70.